The molecule has 2 aromatic heterocycles. The number of thiophene rings is 1. The number of rotatable bonds is 3. The minimum Gasteiger partial charge on any atom is -0.335 e. The van der Waals surface area contributed by atoms with Crippen molar-refractivity contribution in [1.82, 2.24) is 14.8 Å². The van der Waals surface area contributed by atoms with Gasteiger partial charge in [0.25, 0.3) is 11.8 Å². The number of pyridine rings is 1. The zero-order chi connectivity index (χ0) is 21.2. The van der Waals surface area contributed by atoms with E-state index in [9.17, 15) is 9.59 Å². The molecule has 2 amide bonds. The van der Waals surface area contributed by atoms with Crippen molar-refractivity contribution in [3.05, 3.63) is 89.3 Å². The normalized spacial score (nSPS) is 14.1. The van der Waals surface area contributed by atoms with Crippen LogP contribution < -0.4 is 0 Å². The van der Waals surface area contributed by atoms with E-state index in [2.05, 4.69) is 0 Å². The zero-order valence-electron chi connectivity index (χ0n) is 16.9. The molecular weight excluding hydrogens is 406 g/mol. The summed E-state index contributed by atoms with van der Waals surface area (Å²) in [5.41, 5.74) is 2.98. The van der Waals surface area contributed by atoms with Gasteiger partial charge in [-0.05, 0) is 35.7 Å². The van der Waals surface area contributed by atoms with Gasteiger partial charge in [-0.25, -0.2) is 4.98 Å². The van der Waals surface area contributed by atoms with Crippen LogP contribution in [-0.4, -0.2) is 52.8 Å². The molecule has 0 N–H and O–H groups in total. The molecule has 0 unspecified atom stereocenters. The predicted molar refractivity (Wildman–Crippen MR) is 123 cm³/mol. The Kier molecular flexibility index (Phi) is 5.22. The number of para-hydroxylation sites is 1. The van der Waals surface area contributed by atoms with Crippen LogP contribution in [0.2, 0.25) is 0 Å². The van der Waals surface area contributed by atoms with E-state index in [-0.39, 0.29) is 11.8 Å². The van der Waals surface area contributed by atoms with Crippen molar-refractivity contribution in [2.24, 2.45) is 0 Å². The molecule has 5 nitrogen and oxygen atoms in total. The van der Waals surface area contributed by atoms with Crippen LogP contribution >= 0.6 is 11.3 Å². The summed E-state index contributed by atoms with van der Waals surface area (Å²) in [5, 5.41) is 2.87. The Balaban J connectivity index is 1.39. The highest BCUT2D eigenvalue weighted by Gasteiger charge is 2.27. The van der Waals surface area contributed by atoms with Crippen LogP contribution in [0, 0.1) is 0 Å². The van der Waals surface area contributed by atoms with Crippen LogP contribution in [0.1, 0.15) is 20.7 Å². The largest absolute Gasteiger partial charge is 0.335 e. The van der Waals surface area contributed by atoms with Crippen LogP contribution in [0.5, 0.6) is 0 Å². The Morgan fingerprint density at radius 2 is 1.45 bits per heavy atom. The van der Waals surface area contributed by atoms with Crippen LogP contribution in [0.15, 0.2) is 78.2 Å². The number of nitrogens with zero attached hydrogens (tertiary/aromatic N) is 3. The van der Waals surface area contributed by atoms with Gasteiger partial charge in [-0.1, -0.05) is 42.5 Å². The van der Waals surface area contributed by atoms with E-state index in [0.29, 0.717) is 37.3 Å². The fourth-order valence-electron chi connectivity index (χ4n) is 3.95. The summed E-state index contributed by atoms with van der Waals surface area (Å²) in [5.74, 6) is 0.00487. The van der Waals surface area contributed by atoms with Gasteiger partial charge >= 0.3 is 0 Å². The number of aromatic nitrogens is 1. The maximum absolute atomic E-state index is 13.5. The summed E-state index contributed by atoms with van der Waals surface area (Å²) in [6.45, 7) is 2.09. The molecule has 0 radical (unpaired) electrons. The van der Waals surface area contributed by atoms with E-state index in [0.717, 1.165) is 21.5 Å². The Morgan fingerprint density at radius 3 is 2.16 bits per heavy atom. The Labute approximate surface area is 184 Å². The number of piperazine rings is 1. The number of hydrogen-bond acceptors (Lipinski definition) is 4. The molecule has 0 atom stereocenters. The minimum absolute atomic E-state index is 0.0109. The third-order valence-corrected chi connectivity index (χ3v) is 6.49. The van der Waals surface area contributed by atoms with Crippen LogP contribution in [0.4, 0.5) is 0 Å². The summed E-state index contributed by atoms with van der Waals surface area (Å²) >= 11 is 1.61. The molecule has 5 rings (SSSR count). The first-order chi connectivity index (χ1) is 15.2. The summed E-state index contributed by atoms with van der Waals surface area (Å²) in [6, 6.07) is 23.0. The molecule has 0 saturated carbocycles. The minimum atomic E-state index is -0.0109. The molecule has 0 aliphatic carbocycles. The SMILES string of the molecule is O=C(c1ccccc1)N1CCN(C(=O)c2cc(-c3cccs3)nc3ccccc23)CC1. The lowest BCUT2D eigenvalue weighted by Gasteiger charge is -2.35. The van der Waals surface area contributed by atoms with Crippen molar-refractivity contribution < 1.29 is 9.59 Å². The number of carbonyl (C=O) groups excluding carboxylic acids is 2. The maximum Gasteiger partial charge on any atom is 0.254 e. The molecule has 2 aromatic carbocycles. The van der Waals surface area contributed by atoms with Gasteiger partial charge in [-0.15, -0.1) is 11.3 Å². The number of carbonyl (C=O) groups is 2. The Hall–Kier alpha value is -3.51. The second kappa shape index (κ2) is 8.32. The van der Waals surface area contributed by atoms with E-state index in [1.807, 2.05) is 88.0 Å². The number of benzene rings is 2. The van der Waals surface area contributed by atoms with Crippen LogP contribution in [-0.2, 0) is 0 Å². The van der Waals surface area contributed by atoms with Crippen LogP contribution in [0.3, 0.4) is 0 Å². The molecular formula is C25H21N3O2S. The van der Waals surface area contributed by atoms with Crippen molar-refractivity contribution in [2.45, 2.75) is 0 Å². The third kappa shape index (κ3) is 3.82. The lowest BCUT2D eigenvalue weighted by Crippen LogP contribution is -2.50. The smallest absolute Gasteiger partial charge is 0.254 e. The molecule has 31 heavy (non-hydrogen) atoms. The summed E-state index contributed by atoms with van der Waals surface area (Å²) < 4.78 is 0. The molecule has 3 heterocycles. The van der Waals surface area contributed by atoms with E-state index >= 15 is 0 Å². The number of amides is 2. The van der Waals surface area contributed by atoms with Crippen LogP contribution in [0.25, 0.3) is 21.5 Å². The van der Waals surface area contributed by atoms with Crippen molar-refractivity contribution in [2.75, 3.05) is 26.2 Å². The van der Waals surface area contributed by atoms with Crippen molar-refractivity contribution in [1.29, 1.82) is 0 Å². The van der Waals surface area contributed by atoms with E-state index in [1.165, 1.54) is 0 Å². The molecule has 154 valence electrons. The average Bonchev–Trinajstić information content (AvgIpc) is 3.38. The predicted octanol–water partition coefficient (Wildman–Crippen LogP) is 4.56. The fraction of sp³-hybridized carbons (Fsp3) is 0.160. The van der Waals surface area contributed by atoms with Gasteiger partial charge in [-0.2, -0.15) is 0 Å². The molecule has 6 heteroatoms. The molecule has 1 aliphatic heterocycles. The summed E-state index contributed by atoms with van der Waals surface area (Å²) in [6.07, 6.45) is 0. The van der Waals surface area contributed by atoms with E-state index in [1.54, 1.807) is 11.3 Å². The molecule has 1 aliphatic rings. The second-order valence-electron chi connectivity index (χ2n) is 7.50. The van der Waals surface area contributed by atoms with Gasteiger partial charge in [0.1, 0.15) is 0 Å². The monoisotopic (exact) mass is 427 g/mol. The lowest BCUT2D eigenvalue weighted by atomic mass is 10.1. The first kappa shape index (κ1) is 19.5. The number of fused-ring (bicyclic) bond motifs is 1. The Morgan fingerprint density at radius 1 is 0.774 bits per heavy atom. The maximum atomic E-state index is 13.5. The van der Waals surface area contributed by atoms with Gasteiger partial charge in [0, 0.05) is 37.1 Å². The fourth-order valence-corrected chi connectivity index (χ4v) is 4.64. The van der Waals surface area contributed by atoms with Gasteiger partial charge in [-0.3, -0.25) is 9.59 Å². The molecule has 1 fully saturated rings. The highest BCUT2D eigenvalue weighted by atomic mass is 32.1. The first-order valence-electron chi connectivity index (χ1n) is 10.3. The van der Waals surface area contributed by atoms with E-state index < -0.39 is 0 Å². The molecule has 4 aromatic rings. The van der Waals surface area contributed by atoms with Crippen molar-refractivity contribution in [3.8, 4) is 10.6 Å². The summed E-state index contributed by atoms with van der Waals surface area (Å²) in [4.78, 5) is 35.7. The van der Waals surface area contributed by atoms with Crippen molar-refractivity contribution in [3.63, 3.8) is 0 Å². The zero-order valence-corrected chi connectivity index (χ0v) is 17.7. The molecule has 0 bridgehead atoms. The standard InChI is InChI=1S/C25H21N3O2S/c29-24(18-7-2-1-3-8-18)27-12-14-28(15-13-27)25(30)20-17-22(23-11-6-16-31-23)26-21-10-5-4-9-19(20)21/h1-11,16-17H,12-15H2. The summed E-state index contributed by atoms with van der Waals surface area (Å²) in [7, 11) is 0. The number of hydrogen-bond donors (Lipinski definition) is 0. The topological polar surface area (TPSA) is 53.5 Å². The Bertz CT molecular complexity index is 1230. The highest BCUT2D eigenvalue weighted by molar-refractivity contribution is 7.13. The first-order valence-corrected chi connectivity index (χ1v) is 11.2. The average molecular weight is 428 g/mol. The second-order valence-corrected chi connectivity index (χ2v) is 8.45. The van der Waals surface area contributed by atoms with E-state index in [4.69, 9.17) is 4.98 Å². The molecule has 0 spiro atoms. The highest BCUT2D eigenvalue weighted by Crippen LogP contribution is 2.28. The lowest BCUT2D eigenvalue weighted by molar-refractivity contribution is 0.0536. The van der Waals surface area contributed by atoms with Gasteiger partial charge in [0.05, 0.1) is 21.7 Å². The third-order valence-electron chi connectivity index (χ3n) is 5.60. The van der Waals surface area contributed by atoms with Gasteiger partial charge in [0.2, 0.25) is 0 Å². The van der Waals surface area contributed by atoms with Crippen molar-refractivity contribution >= 4 is 34.1 Å². The van der Waals surface area contributed by atoms with Gasteiger partial charge < -0.3 is 9.80 Å². The van der Waals surface area contributed by atoms with Gasteiger partial charge in [0.15, 0.2) is 0 Å². The quantitative estimate of drug-likeness (QED) is 0.482. The molecule has 1 saturated heterocycles.